The van der Waals surface area contributed by atoms with E-state index in [1.54, 1.807) is 9.13 Å². The second-order valence-electron chi connectivity index (χ2n) is 10.5. The third-order valence-corrected chi connectivity index (χ3v) is 13.7. The van der Waals surface area contributed by atoms with Crippen LogP contribution in [0.4, 0.5) is 11.6 Å². The molecule has 0 radical (unpaired) electrons. The number of hydrogen-bond donors (Lipinski definition) is 7. The molecule has 8 unspecified atom stereocenters. The molecule has 4 aromatic rings. The van der Waals surface area contributed by atoms with Gasteiger partial charge in [0.2, 0.25) is 0 Å². The van der Waals surface area contributed by atoms with Crippen molar-refractivity contribution in [3.8, 4) is 0 Å². The summed E-state index contributed by atoms with van der Waals surface area (Å²) >= 11 is 0. The van der Waals surface area contributed by atoms with E-state index in [1.165, 1.54) is 25.3 Å². The summed E-state index contributed by atoms with van der Waals surface area (Å²) in [5.74, 6) is 0.304. The van der Waals surface area contributed by atoms with Crippen LogP contribution in [0.25, 0.3) is 22.3 Å². The van der Waals surface area contributed by atoms with Gasteiger partial charge in [0.25, 0.3) is 0 Å². The van der Waals surface area contributed by atoms with Crippen molar-refractivity contribution in [2.24, 2.45) is 0 Å². The van der Waals surface area contributed by atoms with E-state index >= 15 is 0 Å². The average Bonchev–Trinajstić information content (AvgIpc) is 3.79. The molecule has 2 aliphatic rings. The first kappa shape index (κ1) is 36.0. The Morgan fingerprint density at radius 2 is 1.10 bits per heavy atom. The van der Waals surface area contributed by atoms with Crippen LogP contribution in [0.2, 0.25) is 0 Å². The van der Waals surface area contributed by atoms with Gasteiger partial charge in [-0.05, 0) is 12.8 Å². The van der Waals surface area contributed by atoms with E-state index in [4.69, 9.17) is 30.4 Å². The molecule has 9 N–H and O–H groups in total. The van der Waals surface area contributed by atoms with Gasteiger partial charge in [0.05, 0.1) is 12.7 Å². The van der Waals surface area contributed by atoms with E-state index in [0.29, 0.717) is 35.2 Å². The molecule has 29 heteroatoms. The minimum Gasteiger partial charge on any atom is -0.382 e. The number of nitrogens with two attached hydrogens (primary N) is 2. The lowest BCUT2D eigenvalue weighted by Gasteiger charge is -2.22. The van der Waals surface area contributed by atoms with Gasteiger partial charge in [0.1, 0.15) is 36.1 Å². The Morgan fingerprint density at radius 1 is 0.694 bits per heavy atom. The van der Waals surface area contributed by atoms with Crippen molar-refractivity contribution in [1.29, 1.82) is 0 Å². The lowest BCUT2D eigenvalue weighted by molar-refractivity contribution is -0.140. The lowest BCUT2D eigenvalue weighted by atomic mass is 10.3. The summed E-state index contributed by atoms with van der Waals surface area (Å²) in [6.07, 6.45) is 0.618. The number of nitrogens with one attached hydrogen (secondary N) is 1. The number of hydrogen-bond acceptors (Lipinski definition) is 18. The maximum atomic E-state index is 12.5. The molecule has 6 rings (SSSR count). The third kappa shape index (κ3) is 8.56. The molecule has 25 nitrogen and oxygen atoms in total. The molecule has 0 aromatic carbocycles. The van der Waals surface area contributed by atoms with Crippen molar-refractivity contribution in [1.82, 2.24) is 43.9 Å². The number of imidazole rings is 2. The van der Waals surface area contributed by atoms with Crippen molar-refractivity contribution in [3.63, 3.8) is 0 Å². The van der Waals surface area contributed by atoms with Crippen LogP contribution in [0.5, 0.6) is 0 Å². The Kier molecular flexibility index (Phi) is 10.1. The van der Waals surface area contributed by atoms with Crippen molar-refractivity contribution in [2.45, 2.75) is 50.7 Å². The van der Waals surface area contributed by atoms with Gasteiger partial charge in [-0.3, -0.25) is 18.3 Å². The molecule has 6 heterocycles. The highest BCUT2D eigenvalue weighted by molar-refractivity contribution is 7.74. The van der Waals surface area contributed by atoms with Crippen molar-refractivity contribution >= 4 is 64.6 Å². The van der Waals surface area contributed by atoms with Crippen LogP contribution in [0.1, 0.15) is 38.1 Å². The van der Waals surface area contributed by atoms with E-state index in [0.717, 1.165) is 4.86 Å². The Labute approximate surface area is 274 Å². The first-order valence-corrected chi connectivity index (χ1v) is 20.6. The van der Waals surface area contributed by atoms with Gasteiger partial charge in [-0.1, -0.05) is 0 Å². The van der Waals surface area contributed by atoms with E-state index in [1.807, 2.05) is 0 Å². The summed E-state index contributed by atoms with van der Waals surface area (Å²) in [6.45, 7) is 0. The zero-order valence-corrected chi connectivity index (χ0v) is 28.3. The van der Waals surface area contributed by atoms with Crippen LogP contribution in [-0.2, 0) is 45.8 Å². The summed E-state index contributed by atoms with van der Waals surface area (Å²) in [5, 5.41) is 0. The van der Waals surface area contributed by atoms with Gasteiger partial charge in [-0.2, -0.15) is 0 Å². The van der Waals surface area contributed by atoms with Gasteiger partial charge < -0.3 is 50.0 Å². The molecule has 2 aliphatic heterocycles. The van der Waals surface area contributed by atoms with Crippen LogP contribution >= 0.6 is 30.7 Å². The monoisotopic (exact) mass is 771 g/mol. The number of rotatable bonds is 14. The second kappa shape index (κ2) is 13.7. The van der Waals surface area contributed by atoms with Gasteiger partial charge in [-0.25, -0.2) is 47.7 Å². The lowest BCUT2D eigenvalue weighted by Crippen LogP contribution is -2.17. The minimum absolute atomic E-state index is 0.152. The zero-order valence-electron chi connectivity index (χ0n) is 24.8. The van der Waals surface area contributed by atoms with Crippen molar-refractivity contribution in [2.75, 3.05) is 24.2 Å². The summed E-state index contributed by atoms with van der Waals surface area (Å²) in [6, 6.07) is 0. The molecule has 268 valence electrons. The molecule has 2 saturated heterocycles. The summed E-state index contributed by atoms with van der Waals surface area (Å²) < 4.78 is 83.3. The van der Waals surface area contributed by atoms with E-state index < -0.39 is 68.4 Å². The number of nitrogens with zero attached hydrogens (tertiary/aromatic N) is 8. The molecule has 0 amide bonds. The van der Waals surface area contributed by atoms with Crippen LogP contribution in [0.3, 0.4) is 0 Å². The van der Waals surface area contributed by atoms with Crippen LogP contribution in [-0.4, -0.2) is 83.9 Å². The predicted molar refractivity (Wildman–Crippen MR) is 162 cm³/mol. The van der Waals surface area contributed by atoms with Crippen LogP contribution < -0.4 is 16.3 Å². The SMILES string of the molecule is Nc1ncnc2c1ncn2C1CCC(OCP(=O)(O)OP(=O)(O)NP(=O)(O)OP(=O)(O)COC2CCC(n3cnc4c(N)ncnc43)O2)O1. The highest BCUT2D eigenvalue weighted by Gasteiger charge is 2.43. The van der Waals surface area contributed by atoms with E-state index in [9.17, 15) is 37.8 Å². The molecule has 2 fully saturated rings. The Bertz CT molecular complexity index is 1910. The van der Waals surface area contributed by atoms with Gasteiger partial charge in [-0.15, -0.1) is 4.86 Å². The van der Waals surface area contributed by atoms with E-state index in [2.05, 4.69) is 38.5 Å². The number of aromatic nitrogens is 8. The Morgan fingerprint density at radius 3 is 1.51 bits per heavy atom. The summed E-state index contributed by atoms with van der Waals surface area (Å²) in [5.41, 5.74) is 13.0. The number of fused-ring (bicyclic) bond motifs is 2. The quantitative estimate of drug-likeness (QED) is 0.0886. The van der Waals surface area contributed by atoms with Crippen molar-refractivity contribution < 1.29 is 65.4 Å². The van der Waals surface area contributed by atoms with Crippen LogP contribution in [0, 0.1) is 0 Å². The van der Waals surface area contributed by atoms with Gasteiger partial charge in [0, 0.05) is 12.8 Å². The fourth-order valence-corrected chi connectivity index (χ4v) is 11.0. The molecule has 0 saturated carbocycles. The Balaban J connectivity index is 0.962. The second-order valence-corrected chi connectivity index (χ2v) is 17.8. The number of ether oxygens (including phenoxy) is 4. The normalized spacial score (nSPS) is 26.4. The first-order valence-electron chi connectivity index (χ1n) is 13.9. The predicted octanol–water partition coefficient (Wildman–Crippen LogP) is 1.24. The highest BCUT2D eigenvalue weighted by Crippen LogP contribution is 2.65. The minimum atomic E-state index is -5.65. The number of nitrogen functional groups attached to an aromatic ring is 2. The molecule has 49 heavy (non-hydrogen) atoms. The molecular formula is C20H29N11O14P4. The van der Waals surface area contributed by atoms with Crippen molar-refractivity contribution in [3.05, 3.63) is 25.3 Å². The Hall–Kier alpha value is -2.82. The topological polar surface area (TPSA) is 356 Å². The third-order valence-electron chi connectivity index (χ3n) is 6.89. The van der Waals surface area contributed by atoms with E-state index in [-0.39, 0.29) is 24.5 Å². The molecule has 0 spiro atoms. The highest BCUT2D eigenvalue weighted by atomic mass is 31.3. The summed E-state index contributed by atoms with van der Waals surface area (Å²) in [7, 11) is -21.5. The van der Waals surface area contributed by atoms with Crippen LogP contribution in [0.15, 0.2) is 25.3 Å². The van der Waals surface area contributed by atoms with Gasteiger partial charge >= 0.3 is 30.7 Å². The maximum absolute atomic E-state index is 12.5. The molecule has 0 aliphatic carbocycles. The molecule has 0 bridgehead atoms. The maximum Gasteiger partial charge on any atom is 0.419 e. The fraction of sp³-hybridized carbons (Fsp3) is 0.500. The molecular weight excluding hydrogens is 742 g/mol. The largest absolute Gasteiger partial charge is 0.419 e. The zero-order chi connectivity index (χ0) is 35.2. The fourth-order valence-electron chi connectivity index (χ4n) is 4.94. The van der Waals surface area contributed by atoms with Gasteiger partial charge in [0.15, 0.2) is 48.2 Å². The number of anilines is 2. The molecule has 4 aromatic heterocycles. The standard InChI is InChI=1S/C20H29N11O14P4/c21-17-15-19(25-5-23-17)30(7-27-15)11-1-3-13(42-11)40-9-46(32,33)44-48(36,37)29-49(38,39)45-47(34,35)10-41-14-4-2-12(43-14)31-8-28-16-18(22)24-6-26-20(16)31/h5-8,11-14H,1-4,9-10H2,(H,32,33)(H,34,35)(H2,21,23,25)(H2,22,24,26)(H3,29,36,37,38,39). The first-order chi connectivity index (χ1) is 23.0. The summed E-state index contributed by atoms with van der Waals surface area (Å²) in [4.78, 5) is 65.4. The smallest absolute Gasteiger partial charge is 0.382 e. The average molecular weight is 771 g/mol. The molecule has 8 atom stereocenters.